The average molecular weight is 585 g/mol. The molecule has 0 fully saturated rings. The van der Waals surface area contributed by atoms with Crippen molar-refractivity contribution in [2.24, 2.45) is 0 Å². The van der Waals surface area contributed by atoms with Crippen LogP contribution in [0.15, 0.2) is 143 Å². The molecular formula is C41H34N3O+. The SMILES string of the molecule is CCC1(c2ccccc2)NC(C2=CC=CCC2)[NH+]=C1n1c2ccccc2c2cc(-c3ccc4oc5ccccc5c4c3)ccc21. The zero-order chi connectivity index (χ0) is 30.0. The number of hydrogen-bond acceptors (Lipinski definition) is 2. The number of aromatic nitrogens is 1. The van der Waals surface area contributed by atoms with E-state index in [4.69, 9.17) is 4.42 Å². The predicted octanol–water partition coefficient (Wildman–Crippen LogP) is 8.20. The molecule has 2 aliphatic rings. The average Bonchev–Trinajstić information content (AvgIpc) is 3.78. The Kier molecular flexibility index (Phi) is 5.94. The summed E-state index contributed by atoms with van der Waals surface area (Å²) >= 11 is 0. The number of nitrogens with zero attached hydrogens (tertiary/aromatic N) is 1. The maximum Gasteiger partial charge on any atom is 0.282 e. The second kappa shape index (κ2) is 10.2. The van der Waals surface area contributed by atoms with Crippen molar-refractivity contribution in [1.29, 1.82) is 0 Å². The molecule has 1 aliphatic heterocycles. The summed E-state index contributed by atoms with van der Waals surface area (Å²) in [5, 5.41) is 8.89. The van der Waals surface area contributed by atoms with E-state index in [2.05, 4.69) is 143 Å². The van der Waals surface area contributed by atoms with Crippen LogP contribution in [0.1, 0.15) is 31.7 Å². The first kappa shape index (κ1) is 26.2. The van der Waals surface area contributed by atoms with Gasteiger partial charge in [0.15, 0.2) is 6.17 Å². The number of nitrogens with one attached hydrogen (secondary N) is 2. The standard InChI is InChI=1S/C41H33N3O/c1-2-41(30-15-7-4-8-16-30)40(42-39(43-41)27-13-5-3-6-14-27)44-35-19-11-9-17-31(35)33-25-28(21-23-36(33)44)29-22-24-38-34(26-29)32-18-10-12-20-37(32)45-38/h3-5,7-13,15-26,39,43H,2,6,14H2,1H3/p+1. The Bertz CT molecular complexity index is 2350. The van der Waals surface area contributed by atoms with E-state index in [1.165, 1.54) is 49.9 Å². The minimum atomic E-state index is -0.380. The lowest BCUT2D eigenvalue weighted by Crippen LogP contribution is -2.80. The highest BCUT2D eigenvalue weighted by atomic mass is 16.3. The summed E-state index contributed by atoms with van der Waals surface area (Å²) in [7, 11) is 0. The topological polar surface area (TPSA) is 44.1 Å². The number of allylic oxidation sites excluding steroid dienone is 3. The summed E-state index contributed by atoms with van der Waals surface area (Å²) in [5.41, 5.74) is 8.92. The molecule has 2 atom stereocenters. The van der Waals surface area contributed by atoms with Crippen LogP contribution in [0.2, 0.25) is 0 Å². The lowest BCUT2D eigenvalue weighted by atomic mass is 9.85. The molecule has 45 heavy (non-hydrogen) atoms. The van der Waals surface area contributed by atoms with Gasteiger partial charge in [0.1, 0.15) is 27.7 Å². The van der Waals surface area contributed by atoms with Crippen molar-refractivity contribution in [3.8, 4) is 11.1 Å². The molecule has 2 aromatic heterocycles. The minimum Gasteiger partial charge on any atom is -0.456 e. The van der Waals surface area contributed by atoms with Crippen molar-refractivity contribution in [2.75, 3.05) is 0 Å². The zero-order valence-corrected chi connectivity index (χ0v) is 25.3. The molecule has 0 saturated carbocycles. The van der Waals surface area contributed by atoms with Crippen LogP contribution in [0, 0.1) is 0 Å². The van der Waals surface area contributed by atoms with Crippen molar-refractivity contribution in [2.45, 2.75) is 37.9 Å². The number of para-hydroxylation sites is 2. The molecule has 1 aliphatic carbocycles. The molecule has 4 nitrogen and oxygen atoms in total. The maximum absolute atomic E-state index is 6.12. The second-order valence-corrected chi connectivity index (χ2v) is 12.3. The smallest absolute Gasteiger partial charge is 0.282 e. The number of rotatable bonds is 4. The van der Waals surface area contributed by atoms with Gasteiger partial charge in [0.2, 0.25) is 0 Å². The summed E-state index contributed by atoms with van der Waals surface area (Å²) in [4.78, 5) is 4.02. The van der Waals surface area contributed by atoms with Gasteiger partial charge in [-0.3, -0.25) is 10.3 Å². The van der Waals surface area contributed by atoms with E-state index in [9.17, 15) is 0 Å². The lowest BCUT2D eigenvalue weighted by Gasteiger charge is -2.29. The highest BCUT2D eigenvalue weighted by Gasteiger charge is 2.50. The number of hydrogen-bond donors (Lipinski definition) is 2. The second-order valence-electron chi connectivity index (χ2n) is 12.3. The van der Waals surface area contributed by atoms with Gasteiger partial charge in [-0.25, -0.2) is 0 Å². The Morgan fingerprint density at radius 2 is 1.47 bits per heavy atom. The third kappa shape index (κ3) is 3.99. The van der Waals surface area contributed by atoms with Crippen LogP contribution in [0.5, 0.6) is 0 Å². The van der Waals surface area contributed by atoms with E-state index in [1.54, 1.807) is 0 Å². The van der Waals surface area contributed by atoms with Crippen molar-refractivity contribution in [3.05, 3.63) is 145 Å². The van der Waals surface area contributed by atoms with Crippen LogP contribution >= 0.6 is 0 Å². The molecule has 7 aromatic rings. The summed E-state index contributed by atoms with van der Waals surface area (Å²) in [6, 6.07) is 41.5. The van der Waals surface area contributed by atoms with Gasteiger partial charge in [0.05, 0.1) is 0 Å². The van der Waals surface area contributed by atoms with Crippen LogP contribution in [0.4, 0.5) is 0 Å². The third-order valence-electron chi connectivity index (χ3n) is 9.90. The molecular weight excluding hydrogens is 550 g/mol. The minimum absolute atomic E-state index is 0.0529. The van der Waals surface area contributed by atoms with Gasteiger partial charge < -0.3 is 4.42 Å². The molecule has 2 N–H and O–H groups in total. The first-order valence-electron chi connectivity index (χ1n) is 16.0. The molecule has 218 valence electrons. The molecule has 4 heteroatoms. The Morgan fingerprint density at radius 3 is 2.29 bits per heavy atom. The van der Waals surface area contributed by atoms with Gasteiger partial charge >= 0.3 is 0 Å². The Labute approximate surface area is 262 Å². The largest absolute Gasteiger partial charge is 0.456 e. The number of furan rings is 1. The van der Waals surface area contributed by atoms with Crippen LogP contribution in [0.25, 0.3) is 54.9 Å². The van der Waals surface area contributed by atoms with Gasteiger partial charge in [-0.15, -0.1) is 0 Å². The van der Waals surface area contributed by atoms with Crippen LogP contribution < -0.4 is 10.3 Å². The van der Waals surface area contributed by atoms with Gasteiger partial charge in [-0.2, -0.15) is 4.57 Å². The molecule has 3 heterocycles. The van der Waals surface area contributed by atoms with Crippen molar-refractivity contribution in [1.82, 2.24) is 9.88 Å². The fourth-order valence-corrected chi connectivity index (χ4v) is 7.63. The van der Waals surface area contributed by atoms with E-state index in [-0.39, 0.29) is 11.7 Å². The quantitative estimate of drug-likeness (QED) is 0.219. The normalized spacial score (nSPS) is 20.0. The Balaban J connectivity index is 1.26. The molecule has 5 aromatic carbocycles. The van der Waals surface area contributed by atoms with E-state index in [0.29, 0.717) is 0 Å². The van der Waals surface area contributed by atoms with Gasteiger partial charge in [0, 0.05) is 21.5 Å². The first-order chi connectivity index (χ1) is 22.2. The fraction of sp³-hybridized carbons (Fsp3) is 0.146. The first-order valence-corrected chi connectivity index (χ1v) is 16.0. The highest BCUT2D eigenvalue weighted by molar-refractivity contribution is 6.16. The summed E-state index contributed by atoms with van der Waals surface area (Å²) in [5.74, 6) is 1.18. The molecule has 0 amide bonds. The van der Waals surface area contributed by atoms with Gasteiger partial charge in [-0.1, -0.05) is 97.9 Å². The van der Waals surface area contributed by atoms with E-state index < -0.39 is 0 Å². The fourth-order valence-electron chi connectivity index (χ4n) is 7.63. The zero-order valence-electron chi connectivity index (χ0n) is 25.3. The number of fused-ring (bicyclic) bond motifs is 6. The predicted molar refractivity (Wildman–Crippen MR) is 185 cm³/mol. The van der Waals surface area contributed by atoms with Gasteiger partial charge in [-0.05, 0) is 84.0 Å². The van der Waals surface area contributed by atoms with Crippen molar-refractivity contribution >= 4 is 49.6 Å². The van der Waals surface area contributed by atoms with Crippen molar-refractivity contribution < 1.29 is 9.41 Å². The monoisotopic (exact) mass is 584 g/mol. The molecule has 0 bridgehead atoms. The summed E-state index contributed by atoms with van der Waals surface area (Å²) in [6.45, 7) is 2.29. The lowest BCUT2D eigenvalue weighted by molar-refractivity contribution is -0.489. The van der Waals surface area contributed by atoms with Crippen molar-refractivity contribution in [3.63, 3.8) is 0 Å². The van der Waals surface area contributed by atoms with E-state index in [0.717, 1.165) is 41.2 Å². The van der Waals surface area contributed by atoms with Crippen LogP contribution in [-0.4, -0.2) is 16.6 Å². The van der Waals surface area contributed by atoms with Crippen LogP contribution in [-0.2, 0) is 5.54 Å². The Morgan fingerprint density at radius 1 is 0.756 bits per heavy atom. The molecule has 0 spiro atoms. The number of benzene rings is 5. The molecule has 0 saturated heterocycles. The summed E-state index contributed by atoms with van der Waals surface area (Å²) in [6.07, 6.45) is 9.81. The van der Waals surface area contributed by atoms with Crippen LogP contribution in [0.3, 0.4) is 0 Å². The van der Waals surface area contributed by atoms with E-state index >= 15 is 0 Å². The third-order valence-corrected chi connectivity index (χ3v) is 9.90. The van der Waals surface area contributed by atoms with E-state index in [1.807, 2.05) is 12.1 Å². The molecule has 9 rings (SSSR count). The molecule has 2 unspecified atom stereocenters. The maximum atomic E-state index is 6.12. The Hall–Kier alpha value is -5.19. The highest BCUT2D eigenvalue weighted by Crippen LogP contribution is 2.38. The van der Waals surface area contributed by atoms with Gasteiger partial charge in [0.25, 0.3) is 5.84 Å². The molecule has 0 radical (unpaired) electrons. The summed E-state index contributed by atoms with van der Waals surface area (Å²) < 4.78 is 8.60.